The number of benzene rings is 1. The summed E-state index contributed by atoms with van der Waals surface area (Å²) in [6.07, 6.45) is 5.04. The highest BCUT2D eigenvalue weighted by molar-refractivity contribution is 6.30. The van der Waals surface area contributed by atoms with Crippen molar-refractivity contribution in [1.82, 2.24) is 0 Å². The largest absolute Gasteiger partial charge is 0.321 e. The van der Waals surface area contributed by atoms with Crippen LogP contribution in [0.15, 0.2) is 12.1 Å². The molecular formula is C13H17ClFN. The molecule has 1 aliphatic carbocycles. The molecule has 0 amide bonds. The molecule has 1 aliphatic rings. The van der Waals surface area contributed by atoms with Crippen LogP contribution in [0.1, 0.15) is 43.2 Å². The van der Waals surface area contributed by atoms with Crippen LogP contribution in [0.4, 0.5) is 4.39 Å². The van der Waals surface area contributed by atoms with Crippen molar-refractivity contribution in [3.05, 3.63) is 34.1 Å². The van der Waals surface area contributed by atoms with Crippen molar-refractivity contribution < 1.29 is 4.39 Å². The maximum absolute atomic E-state index is 14.1. The summed E-state index contributed by atoms with van der Waals surface area (Å²) < 4.78 is 14.1. The van der Waals surface area contributed by atoms with Crippen LogP contribution in [0, 0.1) is 12.7 Å². The van der Waals surface area contributed by atoms with Crippen LogP contribution in [0.5, 0.6) is 0 Å². The first kappa shape index (κ1) is 11.9. The fourth-order valence-electron chi connectivity index (χ4n) is 2.54. The van der Waals surface area contributed by atoms with E-state index in [0.717, 1.165) is 25.7 Å². The highest BCUT2D eigenvalue weighted by Gasteiger charge is 2.32. The maximum atomic E-state index is 14.1. The lowest BCUT2D eigenvalue weighted by Gasteiger charge is -2.34. The normalized spacial score (nSPS) is 19.8. The average molecular weight is 242 g/mol. The molecule has 0 spiro atoms. The molecule has 0 atom stereocenters. The minimum Gasteiger partial charge on any atom is -0.321 e. The van der Waals surface area contributed by atoms with Crippen LogP contribution in [0.25, 0.3) is 0 Å². The molecule has 16 heavy (non-hydrogen) atoms. The zero-order valence-corrected chi connectivity index (χ0v) is 10.3. The minimum absolute atomic E-state index is 0.186. The number of nitrogens with two attached hydrogens (primary N) is 1. The second kappa shape index (κ2) is 4.34. The summed E-state index contributed by atoms with van der Waals surface area (Å²) in [6, 6.07) is 3.34. The Bertz CT molecular complexity index is 397. The van der Waals surface area contributed by atoms with Gasteiger partial charge in [-0.2, -0.15) is 0 Å². The molecule has 1 aromatic carbocycles. The van der Waals surface area contributed by atoms with Gasteiger partial charge in [0, 0.05) is 16.1 Å². The lowest BCUT2D eigenvalue weighted by Crippen LogP contribution is -2.39. The predicted octanol–water partition coefficient (Wildman–Crippen LogP) is 3.91. The van der Waals surface area contributed by atoms with Gasteiger partial charge in [-0.3, -0.25) is 0 Å². The monoisotopic (exact) mass is 241 g/mol. The van der Waals surface area contributed by atoms with Gasteiger partial charge < -0.3 is 5.73 Å². The molecule has 1 nitrogen and oxygen atoms in total. The molecule has 88 valence electrons. The molecule has 1 aromatic rings. The molecule has 0 aromatic heterocycles. The first-order valence-corrected chi connectivity index (χ1v) is 6.16. The number of hydrogen-bond donors (Lipinski definition) is 1. The summed E-state index contributed by atoms with van der Waals surface area (Å²) in [5.74, 6) is -0.186. The fraction of sp³-hybridized carbons (Fsp3) is 0.538. The van der Waals surface area contributed by atoms with Crippen molar-refractivity contribution in [3.8, 4) is 0 Å². The predicted molar refractivity (Wildman–Crippen MR) is 65.1 cm³/mol. The van der Waals surface area contributed by atoms with Crippen molar-refractivity contribution in [2.75, 3.05) is 0 Å². The van der Waals surface area contributed by atoms with E-state index in [9.17, 15) is 4.39 Å². The smallest absolute Gasteiger partial charge is 0.131 e. The van der Waals surface area contributed by atoms with Gasteiger partial charge in [0.1, 0.15) is 5.82 Å². The van der Waals surface area contributed by atoms with E-state index in [0.29, 0.717) is 16.1 Å². The second-order valence-electron chi connectivity index (χ2n) is 4.80. The van der Waals surface area contributed by atoms with E-state index < -0.39 is 5.54 Å². The Morgan fingerprint density at radius 1 is 1.25 bits per heavy atom. The van der Waals surface area contributed by atoms with E-state index in [-0.39, 0.29) is 5.82 Å². The maximum Gasteiger partial charge on any atom is 0.131 e. The molecule has 0 heterocycles. The Morgan fingerprint density at radius 3 is 2.50 bits per heavy atom. The lowest BCUT2D eigenvalue weighted by molar-refractivity contribution is 0.292. The second-order valence-corrected chi connectivity index (χ2v) is 5.24. The highest BCUT2D eigenvalue weighted by atomic mass is 35.5. The molecule has 2 N–H and O–H groups in total. The third-order valence-electron chi connectivity index (χ3n) is 3.50. The van der Waals surface area contributed by atoms with E-state index in [1.165, 1.54) is 6.42 Å². The Labute approximate surface area is 101 Å². The van der Waals surface area contributed by atoms with Crippen LogP contribution in [0.3, 0.4) is 0 Å². The Morgan fingerprint density at radius 2 is 1.88 bits per heavy atom. The van der Waals surface area contributed by atoms with E-state index in [1.54, 1.807) is 19.1 Å². The van der Waals surface area contributed by atoms with Crippen LogP contribution in [0.2, 0.25) is 5.02 Å². The van der Waals surface area contributed by atoms with E-state index >= 15 is 0 Å². The summed E-state index contributed by atoms with van der Waals surface area (Å²) >= 11 is 5.98. The summed E-state index contributed by atoms with van der Waals surface area (Å²) in [4.78, 5) is 0. The quantitative estimate of drug-likeness (QED) is 0.793. The Kier molecular flexibility index (Phi) is 3.22. The first-order chi connectivity index (χ1) is 7.53. The van der Waals surface area contributed by atoms with Gasteiger partial charge in [0.15, 0.2) is 0 Å². The minimum atomic E-state index is -0.516. The molecule has 1 fully saturated rings. The van der Waals surface area contributed by atoms with Crippen molar-refractivity contribution in [2.45, 2.75) is 44.6 Å². The van der Waals surface area contributed by atoms with E-state index in [1.807, 2.05) is 0 Å². The topological polar surface area (TPSA) is 26.0 Å². The van der Waals surface area contributed by atoms with Gasteiger partial charge >= 0.3 is 0 Å². The van der Waals surface area contributed by atoms with Crippen molar-refractivity contribution >= 4 is 11.6 Å². The average Bonchev–Trinajstić information content (AvgIpc) is 2.24. The third-order valence-corrected chi connectivity index (χ3v) is 3.72. The summed E-state index contributed by atoms with van der Waals surface area (Å²) in [5, 5.41) is 0.573. The zero-order valence-electron chi connectivity index (χ0n) is 9.52. The molecule has 2 rings (SSSR count). The number of hydrogen-bond acceptors (Lipinski definition) is 1. The van der Waals surface area contributed by atoms with Crippen molar-refractivity contribution in [1.29, 1.82) is 0 Å². The first-order valence-electron chi connectivity index (χ1n) is 5.78. The van der Waals surface area contributed by atoms with Crippen LogP contribution in [-0.2, 0) is 5.54 Å². The molecule has 1 saturated carbocycles. The van der Waals surface area contributed by atoms with Gasteiger partial charge in [0.05, 0.1) is 0 Å². The number of aryl methyl sites for hydroxylation is 1. The standard InChI is InChI=1S/C13H17ClFN/c1-9-7-10(14)8-11(12(9)15)13(16)5-3-2-4-6-13/h7-8H,2-6,16H2,1H3. The zero-order chi connectivity index (χ0) is 11.8. The van der Waals surface area contributed by atoms with Gasteiger partial charge in [-0.05, 0) is 37.5 Å². The lowest BCUT2D eigenvalue weighted by atomic mass is 9.77. The summed E-state index contributed by atoms with van der Waals surface area (Å²) in [5.41, 5.74) is 6.98. The van der Waals surface area contributed by atoms with Crippen LogP contribution < -0.4 is 5.73 Å². The molecule has 0 radical (unpaired) electrons. The Balaban J connectivity index is 2.45. The summed E-state index contributed by atoms with van der Waals surface area (Å²) in [6.45, 7) is 1.73. The van der Waals surface area contributed by atoms with E-state index in [4.69, 9.17) is 17.3 Å². The van der Waals surface area contributed by atoms with Crippen molar-refractivity contribution in [3.63, 3.8) is 0 Å². The number of rotatable bonds is 1. The molecule has 0 unspecified atom stereocenters. The molecule has 0 saturated heterocycles. The molecule has 0 aliphatic heterocycles. The molecular weight excluding hydrogens is 225 g/mol. The van der Waals surface area contributed by atoms with Gasteiger partial charge in [-0.1, -0.05) is 30.9 Å². The Hall–Kier alpha value is -0.600. The molecule has 0 bridgehead atoms. The van der Waals surface area contributed by atoms with Gasteiger partial charge in [0.2, 0.25) is 0 Å². The van der Waals surface area contributed by atoms with Crippen LogP contribution >= 0.6 is 11.6 Å². The SMILES string of the molecule is Cc1cc(Cl)cc(C2(N)CCCCC2)c1F. The van der Waals surface area contributed by atoms with Gasteiger partial charge in [-0.15, -0.1) is 0 Å². The fourth-order valence-corrected chi connectivity index (χ4v) is 2.81. The van der Waals surface area contributed by atoms with Crippen molar-refractivity contribution in [2.24, 2.45) is 5.73 Å². The summed E-state index contributed by atoms with van der Waals surface area (Å²) in [7, 11) is 0. The molecule has 3 heteroatoms. The highest BCUT2D eigenvalue weighted by Crippen LogP contribution is 2.37. The third kappa shape index (κ3) is 2.09. The van der Waals surface area contributed by atoms with Crippen LogP contribution in [-0.4, -0.2) is 0 Å². The van der Waals surface area contributed by atoms with Gasteiger partial charge in [0.25, 0.3) is 0 Å². The number of halogens is 2. The van der Waals surface area contributed by atoms with E-state index in [2.05, 4.69) is 0 Å². The van der Waals surface area contributed by atoms with Gasteiger partial charge in [-0.25, -0.2) is 4.39 Å².